The first kappa shape index (κ1) is 19.4. The molecule has 0 aliphatic heterocycles. The van der Waals surface area contributed by atoms with Crippen molar-refractivity contribution in [2.45, 2.75) is 13.8 Å². The zero-order chi connectivity index (χ0) is 21.3. The van der Waals surface area contributed by atoms with Gasteiger partial charge in [-0.15, -0.1) is 11.3 Å². The van der Waals surface area contributed by atoms with Gasteiger partial charge in [-0.25, -0.2) is 9.67 Å². The monoisotopic (exact) mass is 420 g/mol. The number of aromatic nitrogens is 4. The Morgan fingerprint density at radius 2 is 1.93 bits per heavy atom. The fraction of sp³-hybridized carbons (Fsp3) is 0.100. The lowest BCUT2D eigenvalue weighted by Gasteiger charge is -2.08. The van der Waals surface area contributed by atoms with Crippen LogP contribution in [-0.4, -0.2) is 30.6 Å². The third-order valence-corrected chi connectivity index (χ3v) is 5.44. The van der Waals surface area contributed by atoms with E-state index in [1.165, 1.54) is 28.2 Å². The molecule has 1 amide bonds. The average molecular weight is 420 g/mol. The average Bonchev–Trinajstić information content (AvgIpc) is 3.31. The molecule has 0 spiro atoms. The van der Waals surface area contributed by atoms with Crippen LogP contribution in [0.2, 0.25) is 0 Å². The van der Waals surface area contributed by atoms with Gasteiger partial charge in [0.2, 0.25) is 0 Å². The summed E-state index contributed by atoms with van der Waals surface area (Å²) in [5, 5.41) is 18.8. The highest BCUT2D eigenvalue weighted by molar-refractivity contribution is 7.17. The summed E-state index contributed by atoms with van der Waals surface area (Å²) in [6.07, 6.45) is 1.68. The molecule has 0 unspecified atom stereocenters. The van der Waals surface area contributed by atoms with Gasteiger partial charge in [-0.3, -0.25) is 19.9 Å². The van der Waals surface area contributed by atoms with Crippen molar-refractivity contribution in [3.05, 3.63) is 81.1 Å². The Labute approximate surface area is 175 Å². The Balaban J connectivity index is 1.62. The van der Waals surface area contributed by atoms with Crippen molar-refractivity contribution in [3.8, 4) is 16.4 Å². The van der Waals surface area contributed by atoms with Crippen molar-refractivity contribution in [1.82, 2.24) is 19.7 Å². The van der Waals surface area contributed by atoms with E-state index in [4.69, 9.17) is 0 Å². The molecule has 1 N–H and O–H groups in total. The first-order chi connectivity index (χ1) is 14.4. The Kier molecular flexibility index (Phi) is 5.07. The number of carbonyl (C=O) groups excluding carboxylic acids is 1. The smallest absolute Gasteiger partial charge is 0.269 e. The standard InChI is InChI=1S/C20H16N6O3S/c1-12-11-17(25(24-12)14-6-8-15(9-7-14)26(28)29)23-19(27)18-13(2)22-20(30-18)16-5-3-4-10-21-16/h3-11H,1-2H3,(H,23,27). The van der Waals surface area contributed by atoms with Gasteiger partial charge in [0.15, 0.2) is 0 Å². The number of anilines is 1. The Morgan fingerprint density at radius 3 is 2.60 bits per heavy atom. The SMILES string of the molecule is Cc1cc(NC(=O)c2sc(-c3ccccn3)nc2C)n(-c2ccc([N+](=O)[O-])cc2)n1. The molecule has 0 aliphatic carbocycles. The Hall–Kier alpha value is -3.92. The summed E-state index contributed by atoms with van der Waals surface area (Å²) in [7, 11) is 0. The Bertz CT molecular complexity index is 1230. The van der Waals surface area contributed by atoms with Crippen LogP contribution in [-0.2, 0) is 0 Å². The molecular weight excluding hydrogens is 404 g/mol. The molecule has 0 radical (unpaired) electrons. The molecule has 150 valence electrons. The lowest BCUT2D eigenvalue weighted by atomic mass is 10.3. The highest BCUT2D eigenvalue weighted by Crippen LogP contribution is 2.28. The first-order valence-corrected chi connectivity index (χ1v) is 9.75. The van der Waals surface area contributed by atoms with Crippen LogP contribution in [0.25, 0.3) is 16.4 Å². The number of aryl methyl sites for hydroxylation is 2. The highest BCUT2D eigenvalue weighted by atomic mass is 32.1. The third-order valence-electron chi connectivity index (χ3n) is 4.27. The minimum Gasteiger partial charge on any atom is -0.306 e. The van der Waals surface area contributed by atoms with Crippen molar-refractivity contribution in [2.75, 3.05) is 5.32 Å². The number of benzene rings is 1. The van der Waals surface area contributed by atoms with Gasteiger partial charge in [0.25, 0.3) is 11.6 Å². The molecule has 0 atom stereocenters. The van der Waals surface area contributed by atoms with Gasteiger partial charge in [-0.1, -0.05) is 6.07 Å². The van der Waals surface area contributed by atoms with Gasteiger partial charge in [0.05, 0.1) is 27.7 Å². The van der Waals surface area contributed by atoms with Crippen LogP contribution < -0.4 is 5.32 Å². The molecule has 0 saturated heterocycles. The summed E-state index contributed by atoms with van der Waals surface area (Å²) < 4.78 is 1.53. The molecule has 3 heterocycles. The maximum atomic E-state index is 12.9. The predicted octanol–water partition coefficient (Wildman–Crippen LogP) is 4.17. The molecular formula is C20H16N6O3S. The second-order valence-electron chi connectivity index (χ2n) is 6.46. The number of nitrogens with one attached hydrogen (secondary N) is 1. The number of hydrogen-bond donors (Lipinski definition) is 1. The molecule has 1 aromatic carbocycles. The Morgan fingerprint density at radius 1 is 1.17 bits per heavy atom. The van der Waals surface area contributed by atoms with Crippen molar-refractivity contribution >= 4 is 28.7 Å². The molecule has 0 saturated carbocycles. The maximum absolute atomic E-state index is 12.9. The molecule has 3 aromatic heterocycles. The zero-order valence-corrected chi connectivity index (χ0v) is 16.9. The van der Waals surface area contributed by atoms with Gasteiger partial charge in [0, 0.05) is 24.4 Å². The van der Waals surface area contributed by atoms with Gasteiger partial charge in [-0.2, -0.15) is 5.10 Å². The first-order valence-electron chi connectivity index (χ1n) is 8.94. The topological polar surface area (TPSA) is 116 Å². The third kappa shape index (κ3) is 3.80. The van der Waals surface area contributed by atoms with E-state index in [9.17, 15) is 14.9 Å². The van der Waals surface area contributed by atoms with Crippen molar-refractivity contribution in [1.29, 1.82) is 0 Å². The molecule has 4 rings (SSSR count). The van der Waals surface area contributed by atoms with Crippen LogP contribution in [0.15, 0.2) is 54.7 Å². The summed E-state index contributed by atoms with van der Waals surface area (Å²) in [6.45, 7) is 3.57. The molecule has 0 bridgehead atoms. The number of nitro groups is 1. The second-order valence-corrected chi connectivity index (χ2v) is 7.46. The molecule has 30 heavy (non-hydrogen) atoms. The minimum absolute atomic E-state index is 0.0180. The van der Waals surface area contributed by atoms with E-state index < -0.39 is 4.92 Å². The molecule has 9 nitrogen and oxygen atoms in total. The maximum Gasteiger partial charge on any atom is 0.269 e. The van der Waals surface area contributed by atoms with Crippen molar-refractivity contribution in [2.24, 2.45) is 0 Å². The van der Waals surface area contributed by atoms with Crippen LogP contribution in [0.4, 0.5) is 11.5 Å². The number of non-ortho nitro benzene ring substituents is 1. The van der Waals surface area contributed by atoms with Crippen molar-refractivity contribution < 1.29 is 9.72 Å². The second kappa shape index (κ2) is 7.84. The molecule has 10 heteroatoms. The van der Waals surface area contributed by atoms with Crippen LogP contribution in [0.1, 0.15) is 21.1 Å². The highest BCUT2D eigenvalue weighted by Gasteiger charge is 2.19. The molecule has 0 fully saturated rings. The van der Waals surface area contributed by atoms with E-state index in [1.807, 2.05) is 18.2 Å². The number of pyridine rings is 1. The quantitative estimate of drug-likeness (QED) is 0.383. The summed E-state index contributed by atoms with van der Waals surface area (Å²) in [5.41, 5.74) is 2.58. The van der Waals surface area contributed by atoms with E-state index in [1.54, 1.807) is 38.2 Å². The van der Waals surface area contributed by atoms with Crippen LogP contribution in [0, 0.1) is 24.0 Å². The number of hydrogen-bond acceptors (Lipinski definition) is 7. The fourth-order valence-electron chi connectivity index (χ4n) is 2.88. The van der Waals surface area contributed by atoms with Gasteiger partial charge < -0.3 is 5.32 Å². The summed E-state index contributed by atoms with van der Waals surface area (Å²) in [6, 6.07) is 13.2. The lowest BCUT2D eigenvalue weighted by Crippen LogP contribution is -2.15. The summed E-state index contributed by atoms with van der Waals surface area (Å²) in [4.78, 5) is 32.6. The summed E-state index contributed by atoms with van der Waals surface area (Å²) in [5.74, 6) is 0.147. The molecule has 4 aromatic rings. The number of nitro benzene ring substituents is 1. The van der Waals surface area contributed by atoms with Gasteiger partial charge in [0.1, 0.15) is 15.7 Å². The largest absolute Gasteiger partial charge is 0.306 e. The van der Waals surface area contributed by atoms with E-state index in [-0.39, 0.29) is 11.6 Å². The van der Waals surface area contributed by atoms with Crippen LogP contribution >= 0.6 is 11.3 Å². The van der Waals surface area contributed by atoms with Crippen LogP contribution in [0.5, 0.6) is 0 Å². The van der Waals surface area contributed by atoms with Crippen LogP contribution in [0.3, 0.4) is 0 Å². The zero-order valence-electron chi connectivity index (χ0n) is 16.1. The van der Waals surface area contributed by atoms with Crippen molar-refractivity contribution in [3.63, 3.8) is 0 Å². The normalized spacial score (nSPS) is 10.7. The number of nitrogens with zero attached hydrogens (tertiary/aromatic N) is 5. The van der Waals surface area contributed by atoms with E-state index in [0.29, 0.717) is 38.5 Å². The number of thiazole rings is 1. The number of rotatable bonds is 5. The van der Waals surface area contributed by atoms with E-state index >= 15 is 0 Å². The summed E-state index contributed by atoms with van der Waals surface area (Å²) >= 11 is 1.26. The molecule has 0 aliphatic rings. The van der Waals surface area contributed by atoms with Gasteiger partial charge in [-0.05, 0) is 38.1 Å². The fourth-order valence-corrected chi connectivity index (χ4v) is 3.82. The lowest BCUT2D eigenvalue weighted by molar-refractivity contribution is -0.384. The number of carbonyl (C=O) groups is 1. The van der Waals surface area contributed by atoms with Gasteiger partial charge >= 0.3 is 0 Å². The van der Waals surface area contributed by atoms with E-state index in [0.717, 1.165) is 0 Å². The predicted molar refractivity (Wildman–Crippen MR) is 113 cm³/mol. The number of amides is 1. The minimum atomic E-state index is -0.466. The van der Waals surface area contributed by atoms with E-state index in [2.05, 4.69) is 20.4 Å².